The number of aliphatic hydroxyl groups is 1. The number of hydrogen-bond donors (Lipinski definition) is 1. The summed E-state index contributed by atoms with van der Waals surface area (Å²) in [6.07, 6.45) is 1.08. The molecule has 2 unspecified atom stereocenters. The van der Waals surface area contributed by atoms with E-state index in [1.807, 2.05) is 11.4 Å². The third-order valence-electron chi connectivity index (χ3n) is 4.29. The van der Waals surface area contributed by atoms with E-state index >= 15 is 0 Å². The van der Waals surface area contributed by atoms with Crippen molar-refractivity contribution >= 4 is 33.6 Å². The molecule has 0 aliphatic carbocycles. The number of carbonyl (C=O) groups is 2. The molecule has 2 atom stereocenters. The van der Waals surface area contributed by atoms with Crippen LogP contribution in [-0.4, -0.2) is 52.4 Å². The maximum absolute atomic E-state index is 12.6. The third kappa shape index (κ3) is 3.39. The number of fused-ring (bicyclic) bond motifs is 1. The van der Waals surface area contributed by atoms with Crippen LogP contribution in [0.4, 0.5) is 4.79 Å². The molecule has 0 bridgehead atoms. The van der Waals surface area contributed by atoms with Crippen LogP contribution in [0.25, 0.3) is 10.2 Å². The average Bonchev–Trinajstić information content (AvgIpc) is 3.15. The smallest absolute Gasteiger partial charge is 0.411 e. The van der Waals surface area contributed by atoms with Gasteiger partial charge in [0, 0.05) is 23.6 Å². The molecule has 1 amide bonds. The lowest BCUT2D eigenvalue weighted by molar-refractivity contribution is -0.145. The fourth-order valence-electron chi connectivity index (χ4n) is 3.17. The number of β-amino-alcohol motifs (C(OH)–C–C–N with tert-alkyl or cyclic N) is 1. The Morgan fingerprint density at radius 1 is 1.42 bits per heavy atom. The highest BCUT2D eigenvalue weighted by molar-refractivity contribution is 7.16. The molecule has 0 radical (unpaired) electrons. The number of aromatic nitrogens is 1. The van der Waals surface area contributed by atoms with Crippen LogP contribution < -0.4 is 0 Å². The molecule has 1 fully saturated rings. The maximum Gasteiger partial charge on any atom is 0.411 e. The van der Waals surface area contributed by atoms with E-state index < -0.39 is 29.3 Å². The van der Waals surface area contributed by atoms with Crippen LogP contribution in [0.15, 0.2) is 23.7 Å². The van der Waals surface area contributed by atoms with Gasteiger partial charge < -0.3 is 14.6 Å². The zero-order valence-corrected chi connectivity index (χ0v) is 16.0. The van der Waals surface area contributed by atoms with Gasteiger partial charge in [0.25, 0.3) is 0 Å². The molecule has 26 heavy (non-hydrogen) atoms. The Kier molecular flexibility index (Phi) is 4.66. The topological polar surface area (TPSA) is 89.0 Å². The van der Waals surface area contributed by atoms with Crippen molar-refractivity contribution in [2.75, 3.05) is 13.7 Å². The summed E-state index contributed by atoms with van der Waals surface area (Å²) in [5, 5.41) is 13.9. The second-order valence-corrected chi connectivity index (χ2v) is 8.25. The van der Waals surface area contributed by atoms with E-state index in [0.29, 0.717) is 5.56 Å². The number of carbonyl (C=O) groups excluding carboxylic acids is 2. The van der Waals surface area contributed by atoms with Crippen LogP contribution in [0.2, 0.25) is 0 Å². The summed E-state index contributed by atoms with van der Waals surface area (Å²) in [4.78, 5) is 31.1. The van der Waals surface area contributed by atoms with Crippen molar-refractivity contribution in [1.82, 2.24) is 9.88 Å². The molecular weight excluding hydrogens is 356 g/mol. The zero-order valence-electron chi connectivity index (χ0n) is 15.2. The van der Waals surface area contributed by atoms with Crippen LogP contribution in [-0.2, 0) is 19.9 Å². The lowest BCUT2D eigenvalue weighted by Crippen LogP contribution is -2.44. The SMILES string of the molecule is COC(=O)C1CC(O)(c2csc3ncccc23)CN1C(=O)OC(C)(C)C. The van der Waals surface area contributed by atoms with E-state index in [9.17, 15) is 14.7 Å². The van der Waals surface area contributed by atoms with Gasteiger partial charge in [-0.1, -0.05) is 6.07 Å². The van der Waals surface area contributed by atoms with Gasteiger partial charge in [0.05, 0.1) is 13.7 Å². The van der Waals surface area contributed by atoms with E-state index in [1.165, 1.54) is 23.3 Å². The van der Waals surface area contributed by atoms with Crippen molar-refractivity contribution in [3.8, 4) is 0 Å². The monoisotopic (exact) mass is 378 g/mol. The first-order chi connectivity index (χ1) is 12.1. The number of hydrogen-bond acceptors (Lipinski definition) is 7. The van der Waals surface area contributed by atoms with E-state index in [2.05, 4.69) is 4.98 Å². The molecule has 8 heteroatoms. The molecule has 3 heterocycles. The number of pyridine rings is 1. The largest absolute Gasteiger partial charge is 0.467 e. The van der Waals surface area contributed by atoms with E-state index in [1.54, 1.807) is 33.0 Å². The molecule has 2 aromatic heterocycles. The molecular formula is C18H22N2O5S. The number of rotatable bonds is 2. The zero-order chi connectivity index (χ0) is 19.1. The molecule has 3 rings (SSSR count). The number of methoxy groups -OCH3 is 1. The molecule has 0 aromatic carbocycles. The van der Waals surface area contributed by atoms with Crippen molar-refractivity contribution in [2.45, 2.75) is 44.4 Å². The van der Waals surface area contributed by atoms with Crippen LogP contribution in [0.1, 0.15) is 32.8 Å². The van der Waals surface area contributed by atoms with Crippen LogP contribution in [0, 0.1) is 0 Å². The highest BCUT2D eigenvalue weighted by Crippen LogP contribution is 2.41. The molecule has 2 aromatic rings. The van der Waals surface area contributed by atoms with E-state index in [-0.39, 0.29) is 13.0 Å². The van der Waals surface area contributed by atoms with Crippen molar-refractivity contribution in [3.63, 3.8) is 0 Å². The summed E-state index contributed by atoms with van der Waals surface area (Å²) in [7, 11) is 1.26. The van der Waals surface area contributed by atoms with Crippen molar-refractivity contribution in [3.05, 3.63) is 29.3 Å². The second kappa shape index (κ2) is 6.51. The normalized spacial score (nSPS) is 23.3. The summed E-state index contributed by atoms with van der Waals surface area (Å²) < 4.78 is 10.2. The molecule has 0 spiro atoms. The Balaban J connectivity index is 1.97. The van der Waals surface area contributed by atoms with Gasteiger partial charge in [0.15, 0.2) is 0 Å². The van der Waals surface area contributed by atoms with Gasteiger partial charge in [-0.3, -0.25) is 4.90 Å². The fourth-order valence-corrected chi connectivity index (χ4v) is 4.17. The van der Waals surface area contributed by atoms with Gasteiger partial charge in [-0.25, -0.2) is 14.6 Å². The first-order valence-electron chi connectivity index (χ1n) is 8.27. The first kappa shape index (κ1) is 18.6. The summed E-state index contributed by atoms with van der Waals surface area (Å²) in [6.45, 7) is 5.19. The molecule has 1 aliphatic heterocycles. The third-order valence-corrected chi connectivity index (χ3v) is 5.19. The van der Waals surface area contributed by atoms with Gasteiger partial charge >= 0.3 is 12.1 Å². The number of amides is 1. The van der Waals surface area contributed by atoms with Gasteiger partial charge in [-0.15, -0.1) is 11.3 Å². The number of esters is 1. The minimum atomic E-state index is -1.38. The van der Waals surface area contributed by atoms with Gasteiger partial charge in [-0.2, -0.15) is 0 Å². The number of thiophene rings is 1. The van der Waals surface area contributed by atoms with Crippen LogP contribution >= 0.6 is 11.3 Å². The summed E-state index contributed by atoms with van der Waals surface area (Å²) in [6, 6.07) is 2.75. The Morgan fingerprint density at radius 3 is 2.81 bits per heavy atom. The standard InChI is InChI=1S/C18H22N2O5S/c1-17(2,3)25-16(22)20-10-18(23,8-13(20)15(21)24-4)12-9-26-14-11(12)6-5-7-19-14/h5-7,9,13,23H,8,10H2,1-4H3. The van der Waals surface area contributed by atoms with E-state index in [0.717, 1.165) is 10.2 Å². The summed E-state index contributed by atoms with van der Waals surface area (Å²) in [5.41, 5.74) is -1.43. The Labute approximate surface area is 155 Å². The molecule has 1 N–H and O–H groups in total. The Morgan fingerprint density at radius 2 is 2.15 bits per heavy atom. The predicted octanol–water partition coefficient (Wildman–Crippen LogP) is 2.67. The fraction of sp³-hybridized carbons (Fsp3) is 0.500. The average molecular weight is 378 g/mol. The number of likely N-dealkylation sites (tertiary alicyclic amines) is 1. The van der Waals surface area contributed by atoms with Crippen molar-refractivity contribution < 1.29 is 24.2 Å². The van der Waals surface area contributed by atoms with Gasteiger partial charge in [0.2, 0.25) is 0 Å². The minimum absolute atomic E-state index is 0.0413. The Bertz CT molecular complexity index is 843. The Hall–Kier alpha value is -2.19. The molecule has 0 saturated carbocycles. The lowest BCUT2D eigenvalue weighted by atomic mass is 9.91. The van der Waals surface area contributed by atoms with Gasteiger partial charge in [0.1, 0.15) is 22.1 Å². The van der Waals surface area contributed by atoms with Crippen molar-refractivity contribution in [1.29, 1.82) is 0 Å². The second-order valence-electron chi connectivity index (χ2n) is 7.39. The lowest BCUT2D eigenvalue weighted by Gasteiger charge is -2.27. The predicted molar refractivity (Wildman–Crippen MR) is 96.9 cm³/mol. The molecule has 1 aliphatic rings. The molecule has 1 saturated heterocycles. The quantitative estimate of drug-likeness (QED) is 0.808. The number of nitrogens with zero attached hydrogens (tertiary/aromatic N) is 2. The summed E-state index contributed by atoms with van der Waals surface area (Å²) >= 11 is 1.41. The van der Waals surface area contributed by atoms with Crippen molar-refractivity contribution in [2.24, 2.45) is 0 Å². The van der Waals surface area contributed by atoms with Crippen LogP contribution in [0.5, 0.6) is 0 Å². The minimum Gasteiger partial charge on any atom is -0.467 e. The summed E-state index contributed by atoms with van der Waals surface area (Å²) in [5.74, 6) is -0.579. The maximum atomic E-state index is 12.6. The first-order valence-corrected chi connectivity index (χ1v) is 9.15. The number of ether oxygens (including phenoxy) is 2. The highest BCUT2D eigenvalue weighted by atomic mass is 32.1. The van der Waals surface area contributed by atoms with E-state index in [4.69, 9.17) is 9.47 Å². The molecule has 7 nitrogen and oxygen atoms in total. The van der Waals surface area contributed by atoms with Crippen LogP contribution in [0.3, 0.4) is 0 Å². The van der Waals surface area contributed by atoms with Gasteiger partial charge in [-0.05, 0) is 32.2 Å². The molecule has 140 valence electrons. The highest BCUT2D eigenvalue weighted by Gasteiger charge is 2.51.